The number of methoxy groups -OCH3 is 1. The molecule has 0 fully saturated rings. The van der Waals surface area contributed by atoms with Crippen molar-refractivity contribution in [3.63, 3.8) is 0 Å². The van der Waals surface area contributed by atoms with Gasteiger partial charge < -0.3 is 15.4 Å². The van der Waals surface area contributed by atoms with Crippen LogP contribution in [0.25, 0.3) is 0 Å². The van der Waals surface area contributed by atoms with E-state index in [1.165, 1.54) is 5.56 Å². The Hall–Kier alpha value is -1.71. The predicted octanol–water partition coefficient (Wildman–Crippen LogP) is 3.40. The molecule has 0 radical (unpaired) electrons. The van der Waals surface area contributed by atoms with Crippen molar-refractivity contribution in [2.24, 2.45) is 10.9 Å². The standard InChI is InChI=1S/C18H31N3O/c1-6-19-18(20-12-11-14(2)3)21-13-15(4)16-9-7-8-10-17(16)22-5/h7-10,14-15H,6,11-13H2,1-5H3,(H2,19,20,21). The van der Waals surface area contributed by atoms with Gasteiger partial charge in [-0.2, -0.15) is 0 Å². The molecule has 0 aromatic heterocycles. The van der Waals surface area contributed by atoms with E-state index < -0.39 is 0 Å². The molecular weight excluding hydrogens is 274 g/mol. The molecule has 0 spiro atoms. The lowest BCUT2D eigenvalue weighted by molar-refractivity contribution is 0.407. The SMILES string of the molecule is CCNC(=NCC(C)c1ccccc1OC)NCCC(C)C. The number of benzene rings is 1. The number of hydrogen-bond donors (Lipinski definition) is 2. The van der Waals surface area contributed by atoms with Crippen LogP contribution >= 0.6 is 0 Å². The largest absolute Gasteiger partial charge is 0.496 e. The van der Waals surface area contributed by atoms with Gasteiger partial charge in [0.2, 0.25) is 0 Å². The highest BCUT2D eigenvalue weighted by Crippen LogP contribution is 2.26. The van der Waals surface area contributed by atoms with Gasteiger partial charge in [0, 0.05) is 25.6 Å². The zero-order valence-corrected chi connectivity index (χ0v) is 14.6. The minimum Gasteiger partial charge on any atom is -0.496 e. The van der Waals surface area contributed by atoms with E-state index in [0.29, 0.717) is 11.8 Å². The Kier molecular flexibility index (Phi) is 8.41. The van der Waals surface area contributed by atoms with Crippen LogP contribution in [0.15, 0.2) is 29.3 Å². The van der Waals surface area contributed by atoms with Gasteiger partial charge in [0.05, 0.1) is 7.11 Å². The third-order valence-corrected chi connectivity index (χ3v) is 3.55. The average Bonchev–Trinajstić information content (AvgIpc) is 2.51. The van der Waals surface area contributed by atoms with Gasteiger partial charge in [-0.1, -0.05) is 39.0 Å². The second-order valence-corrected chi connectivity index (χ2v) is 5.97. The molecule has 1 aromatic rings. The van der Waals surface area contributed by atoms with Gasteiger partial charge >= 0.3 is 0 Å². The highest BCUT2D eigenvalue weighted by Gasteiger charge is 2.10. The summed E-state index contributed by atoms with van der Waals surface area (Å²) >= 11 is 0. The molecule has 4 heteroatoms. The van der Waals surface area contributed by atoms with Gasteiger partial charge in [0.15, 0.2) is 5.96 Å². The number of aliphatic imine (C=N–C) groups is 1. The third kappa shape index (κ3) is 6.37. The van der Waals surface area contributed by atoms with Crippen LogP contribution in [0.2, 0.25) is 0 Å². The van der Waals surface area contributed by atoms with E-state index in [-0.39, 0.29) is 0 Å². The fourth-order valence-corrected chi connectivity index (χ4v) is 2.22. The first kappa shape index (κ1) is 18.3. The summed E-state index contributed by atoms with van der Waals surface area (Å²) in [5.74, 6) is 2.84. The van der Waals surface area contributed by atoms with Crippen molar-refractivity contribution in [3.8, 4) is 5.75 Å². The lowest BCUT2D eigenvalue weighted by Gasteiger charge is -2.16. The van der Waals surface area contributed by atoms with Crippen LogP contribution in [0.3, 0.4) is 0 Å². The van der Waals surface area contributed by atoms with Crippen LogP contribution in [0.4, 0.5) is 0 Å². The van der Waals surface area contributed by atoms with E-state index in [1.807, 2.05) is 18.2 Å². The topological polar surface area (TPSA) is 45.7 Å². The molecule has 0 saturated carbocycles. The summed E-state index contributed by atoms with van der Waals surface area (Å²) in [5, 5.41) is 6.69. The molecule has 0 saturated heterocycles. The summed E-state index contributed by atoms with van der Waals surface area (Å²) in [6.07, 6.45) is 1.15. The Morgan fingerprint density at radius 3 is 2.55 bits per heavy atom. The Morgan fingerprint density at radius 2 is 1.91 bits per heavy atom. The summed E-state index contributed by atoms with van der Waals surface area (Å²) < 4.78 is 5.43. The van der Waals surface area contributed by atoms with E-state index in [9.17, 15) is 0 Å². The molecule has 1 aromatic carbocycles. The molecule has 0 aliphatic rings. The first-order valence-electron chi connectivity index (χ1n) is 8.23. The lowest BCUT2D eigenvalue weighted by Crippen LogP contribution is -2.38. The van der Waals surface area contributed by atoms with E-state index in [0.717, 1.165) is 37.8 Å². The number of nitrogens with one attached hydrogen (secondary N) is 2. The Morgan fingerprint density at radius 1 is 1.18 bits per heavy atom. The minimum absolute atomic E-state index is 0.316. The summed E-state index contributed by atoms with van der Waals surface area (Å²) in [6.45, 7) is 11.3. The number of hydrogen-bond acceptors (Lipinski definition) is 2. The van der Waals surface area contributed by atoms with Gasteiger partial charge in [0.25, 0.3) is 0 Å². The molecule has 124 valence electrons. The number of ether oxygens (including phenoxy) is 1. The molecule has 0 heterocycles. The zero-order chi connectivity index (χ0) is 16.4. The van der Waals surface area contributed by atoms with Gasteiger partial charge in [-0.15, -0.1) is 0 Å². The number of guanidine groups is 1. The normalized spacial score (nSPS) is 13.1. The maximum atomic E-state index is 5.43. The number of nitrogens with zero attached hydrogens (tertiary/aromatic N) is 1. The maximum Gasteiger partial charge on any atom is 0.191 e. The first-order valence-corrected chi connectivity index (χ1v) is 8.23. The molecule has 4 nitrogen and oxygen atoms in total. The summed E-state index contributed by atoms with van der Waals surface area (Å²) in [6, 6.07) is 8.15. The van der Waals surface area contributed by atoms with Crippen molar-refractivity contribution < 1.29 is 4.74 Å². The van der Waals surface area contributed by atoms with Crippen molar-refractivity contribution in [1.82, 2.24) is 10.6 Å². The van der Waals surface area contributed by atoms with E-state index in [4.69, 9.17) is 9.73 Å². The smallest absolute Gasteiger partial charge is 0.191 e. The predicted molar refractivity (Wildman–Crippen MR) is 94.8 cm³/mol. The Bertz CT molecular complexity index is 457. The van der Waals surface area contributed by atoms with Crippen molar-refractivity contribution in [3.05, 3.63) is 29.8 Å². The summed E-state index contributed by atoms with van der Waals surface area (Å²) in [4.78, 5) is 4.70. The average molecular weight is 305 g/mol. The zero-order valence-electron chi connectivity index (χ0n) is 14.6. The van der Waals surface area contributed by atoms with Gasteiger partial charge in [-0.25, -0.2) is 0 Å². The van der Waals surface area contributed by atoms with Crippen LogP contribution in [0.5, 0.6) is 5.75 Å². The van der Waals surface area contributed by atoms with Crippen molar-refractivity contribution >= 4 is 5.96 Å². The second-order valence-electron chi connectivity index (χ2n) is 5.97. The Balaban J connectivity index is 2.64. The van der Waals surface area contributed by atoms with Gasteiger partial charge in [-0.3, -0.25) is 4.99 Å². The van der Waals surface area contributed by atoms with Crippen LogP contribution in [0.1, 0.15) is 45.6 Å². The minimum atomic E-state index is 0.316. The van der Waals surface area contributed by atoms with Crippen LogP contribution in [0, 0.1) is 5.92 Å². The van der Waals surface area contributed by atoms with Gasteiger partial charge in [-0.05, 0) is 30.9 Å². The summed E-state index contributed by atoms with van der Waals surface area (Å²) in [5.41, 5.74) is 1.20. The van der Waals surface area contributed by atoms with Crippen molar-refractivity contribution in [2.45, 2.75) is 40.0 Å². The van der Waals surface area contributed by atoms with Gasteiger partial charge in [0.1, 0.15) is 5.75 Å². The molecule has 0 aliphatic carbocycles. The fourth-order valence-electron chi connectivity index (χ4n) is 2.22. The lowest BCUT2D eigenvalue weighted by atomic mass is 10.0. The molecule has 1 rings (SSSR count). The molecule has 22 heavy (non-hydrogen) atoms. The van der Waals surface area contributed by atoms with Crippen LogP contribution in [-0.2, 0) is 0 Å². The molecule has 0 bridgehead atoms. The highest BCUT2D eigenvalue weighted by atomic mass is 16.5. The van der Waals surface area contributed by atoms with Crippen molar-refractivity contribution in [2.75, 3.05) is 26.7 Å². The molecule has 2 N–H and O–H groups in total. The summed E-state index contributed by atoms with van der Waals surface area (Å²) in [7, 11) is 1.71. The fraction of sp³-hybridized carbons (Fsp3) is 0.611. The maximum absolute atomic E-state index is 5.43. The molecule has 1 atom stereocenters. The molecule has 0 aliphatic heterocycles. The Labute approximate surface area is 135 Å². The van der Waals surface area contributed by atoms with E-state index in [2.05, 4.69) is 44.4 Å². The molecular formula is C18H31N3O. The third-order valence-electron chi connectivity index (χ3n) is 3.55. The highest BCUT2D eigenvalue weighted by molar-refractivity contribution is 5.79. The van der Waals surface area contributed by atoms with Crippen LogP contribution in [-0.4, -0.2) is 32.7 Å². The quantitative estimate of drug-likeness (QED) is 0.571. The first-order chi connectivity index (χ1) is 10.6. The number of para-hydroxylation sites is 1. The monoisotopic (exact) mass is 305 g/mol. The second kappa shape index (κ2) is 10.1. The molecule has 0 amide bonds. The molecule has 1 unspecified atom stereocenters. The van der Waals surface area contributed by atoms with E-state index >= 15 is 0 Å². The number of rotatable bonds is 8. The van der Waals surface area contributed by atoms with Crippen LogP contribution < -0.4 is 15.4 Å². The van der Waals surface area contributed by atoms with E-state index in [1.54, 1.807) is 7.11 Å². The van der Waals surface area contributed by atoms with Crippen molar-refractivity contribution in [1.29, 1.82) is 0 Å².